The van der Waals surface area contributed by atoms with Gasteiger partial charge in [0.2, 0.25) is 0 Å². The molecule has 0 N–H and O–H groups in total. The van der Waals surface area contributed by atoms with E-state index >= 15 is 0 Å². The van der Waals surface area contributed by atoms with E-state index in [0.717, 1.165) is 21.5 Å². The Morgan fingerprint density at radius 3 is 2.59 bits per heavy atom. The molecule has 5 heteroatoms. The predicted molar refractivity (Wildman–Crippen MR) is 119 cm³/mol. The number of thiophene rings is 1. The van der Waals surface area contributed by atoms with Crippen LogP contribution in [0.25, 0.3) is 32.7 Å². The van der Waals surface area contributed by atoms with E-state index in [1.165, 1.54) is 22.5 Å². The molecule has 0 saturated heterocycles. The average Bonchev–Trinajstić information content (AvgIpc) is 3.16. The van der Waals surface area contributed by atoms with Crippen molar-refractivity contribution < 1.29 is 0 Å². The number of aryl methyl sites for hydroxylation is 2. The molecular formula is C24H21N3OS. The fraction of sp³-hybridized carbons (Fsp3) is 0.208. The van der Waals surface area contributed by atoms with Crippen molar-refractivity contribution in [1.82, 2.24) is 9.55 Å². The van der Waals surface area contributed by atoms with Crippen LogP contribution in [-0.4, -0.2) is 9.55 Å². The van der Waals surface area contributed by atoms with Crippen LogP contribution in [-0.2, 0) is 6.54 Å². The third kappa shape index (κ3) is 3.59. The van der Waals surface area contributed by atoms with E-state index < -0.39 is 0 Å². The van der Waals surface area contributed by atoms with Gasteiger partial charge in [-0.2, -0.15) is 5.26 Å². The third-order valence-corrected chi connectivity index (χ3v) is 6.09. The number of nitrogens with zero attached hydrogens (tertiary/aromatic N) is 3. The first-order valence-electron chi connectivity index (χ1n) is 9.62. The van der Waals surface area contributed by atoms with Crippen molar-refractivity contribution in [2.45, 2.75) is 33.2 Å². The second-order valence-corrected chi connectivity index (χ2v) is 8.01. The first-order chi connectivity index (χ1) is 14.1. The quantitative estimate of drug-likeness (QED) is 0.404. The summed E-state index contributed by atoms with van der Waals surface area (Å²) in [6, 6.07) is 18.2. The number of benzene rings is 2. The lowest BCUT2D eigenvalue weighted by Crippen LogP contribution is -2.23. The molecule has 0 aliphatic carbocycles. The zero-order chi connectivity index (χ0) is 20.4. The van der Waals surface area contributed by atoms with Gasteiger partial charge in [-0.3, -0.25) is 9.36 Å². The monoisotopic (exact) mass is 399 g/mol. The van der Waals surface area contributed by atoms with Crippen molar-refractivity contribution in [2.24, 2.45) is 0 Å². The largest absolute Gasteiger partial charge is 0.292 e. The maximum absolute atomic E-state index is 13.6. The van der Waals surface area contributed by atoms with Crippen LogP contribution >= 0.6 is 11.3 Å². The summed E-state index contributed by atoms with van der Waals surface area (Å²) in [6.45, 7) is 4.64. The molecule has 2 aromatic heterocycles. The molecule has 4 nitrogen and oxygen atoms in total. The summed E-state index contributed by atoms with van der Waals surface area (Å²) >= 11 is 1.50. The van der Waals surface area contributed by atoms with Gasteiger partial charge in [-0.05, 0) is 37.0 Å². The normalized spacial score (nSPS) is 10.9. The summed E-state index contributed by atoms with van der Waals surface area (Å²) in [5.74, 6) is 0.662. The van der Waals surface area contributed by atoms with Gasteiger partial charge in [0.25, 0.3) is 5.56 Å². The maximum atomic E-state index is 13.6. The minimum absolute atomic E-state index is 0.0405. The van der Waals surface area contributed by atoms with Gasteiger partial charge in [0.1, 0.15) is 10.7 Å². The summed E-state index contributed by atoms with van der Waals surface area (Å²) in [7, 11) is 0. The molecular weight excluding hydrogens is 378 g/mol. The van der Waals surface area contributed by atoms with Crippen molar-refractivity contribution in [3.8, 4) is 28.6 Å². The molecule has 0 fully saturated rings. The summed E-state index contributed by atoms with van der Waals surface area (Å²) in [6.07, 6.45) is 1.03. The molecule has 29 heavy (non-hydrogen) atoms. The van der Waals surface area contributed by atoms with Crippen molar-refractivity contribution in [3.05, 3.63) is 75.4 Å². The van der Waals surface area contributed by atoms with Crippen LogP contribution in [0.4, 0.5) is 0 Å². The molecule has 0 bridgehead atoms. The average molecular weight is 400 g/mol. The van der Waals surface area contributed by atoms with Crippen LogP contribution in [0.5, 0.6) is 0 Å². The Balaban J connectivity index is 1.95. The Labute approximate surface area is 173 Å². The number of unbranched alkanes of at least 4 members (excludes halogenated alkanes) is 1. The number of aromatic nitrogens is 2. The van der Waals surface area contributed by atoms with Gasteiger partial charge in [0.15, 0.2) is 0 Å². The van der Waals surface area contributed by atoms with Gasteiger partial charge in [-0.1, -0.05) is 48.5 Å². The lowest BCUT2D eigenvalue weighted by molar-refractivity contribution is 0.634. The van der Waals surface area contributed by atoms with Crippen molar-refractivity contribution in [3.63, 3.8) is 0 Å². The minimum atomic E-state index is -0.0405. The van der Waals surface area contributed by atoms with E-state index in [9.17, 15) is 4.79 Å². The Morgan fingerprint density at radius 2 is 1.86 bits per heavy atom. The summed E-state index contributed by atoms with van der Waals surface area (Å²) in [5.41, 5.74) is 5.26. The van der Waals surface area contributed by atoms with Gasteiger partial charge >= 0.3 is 0 Å². The molecule has 0 unspecified atom stereocenters. The van der Waals surface area contributed by atoms with Crippen LogP contribution in [0.1, 0.15) is 24.0 Å². The molecule has 2 heterocycles. The second-order valence-electron chi connectivity index (χ2n) is 7.15. The van der Waals surface area contributed by atoms with Crippen LogP contribution in [0.2, 0.25) is 0 Å². The van der Waals surface area contributed by atoms with E-state index in [2.05, 4.69) is 38.1 Å². The van der Waals surface area contributed by atoms with Gasteiger partial charge in [0.05, 0.1) is 11.5 Å². The number of rotatable bonds is 5. The van der Waals surface area contributed by atoms with Gasteiger partial charge in [0, 0.05) is 29.5 Å². The van der Waals surface area contributed by atoms with E-state index in [-0.39, 0.29) is 5.56 Å². The molecule has 0 saturated carbocycles. The fourth-order valence-electron chi connectivity index (χ4n) is 3.48. The predicted octanol–water partition coefficient (Wildman–Crippen LogP) is 5.71. The maximum Gasteiger partial charge on any atom is 0.263 e. The van der Waals surface area contributed by atoms with Gasteiger partial charge in [-0.25, -0.2) is 4.98 Å². The number of fused-ring (bicyclic) bond motifs is 1. The summed E-state index contributed by atoms with van der Waals surface area (Å²) < 4.78 is 1.73. The van der Waals surface area contributed by atoms with Crippen LogP contribution in [0.3, 0.4) is 0 Å². The van der Waals surface area contributed by atoms with Crippen LogP contribution < -0.4 is 5.56 Å². The highest BCUT2D eigenvalue weighted by molar-refractivity contribution is 7.17. The molecule has 0 amide bonds. The highest BCUT2D eigenvalue weighted by Gasteiger charge is 2.18. The first-order valence-corrected chi connectivity index (χ1v) is 10.5. The number of hydrogen-bond donors (Lipinski definition) is 0. The highest BCUT2D eigenvalue weighted by atomic mass is 32.1. The van der Waals surface area contributed by atoms with Gasteiger partial charge < -0.3 is 0 Å². The summed E-state index contributed by atoms with van der Waals surface area (Å²) in [4.78, 5) is 19.2. The molecule has 0 aliphatic heterocycles. The molecule has 4 aromatic rings. The molecule has 0 aliphatic rings. The van der Waals surface area contributed by atoms with E-state index in [1.54, 1.807) is 4.57 Å². The topological polar surface area (TPSA) is 58.7 Å². The van der Waals surface area contributed by atoms with Crippen molar-refractivity contribution >= 4 is 21.6 Å². The van der Waals surface area contributed by atoms with Gasteiger partial charge in [-0.15, -0.1) is 11.3 Å². The SMILES string of the molecule is Cc1ccc(-c2csc3nc(-c4ccccc4)n(CCCC#N)c(=O)c23)cc1C. The number of nitriles is 1. The Bertz CT molecular complexity index is 1280. The number of hydrogen-bond acceptors (Lipinski definition) is 4. The third-order valence-electron chi connectivity index (χ3n) is 5.21. The van der Waals surface area contributed by atoms with E-state index in [4.69, 9.17) is 10.2 Å². The molecule has 2 aromatic carbocycles. The first kappa shape index (κ1) is 19.1. The minimum Gasteiger partial charge on any atom is -0.292 e. The zero-order valence-corrected chi connectivity index (χ0v) is 17.3. The fourth-order valence-corrected chi connectivity index (χ4v) is 4.41. The lowest BCUT2D eigenvalue weighted by atomic mass is 10.0. The Kier molecular flexibility index (Phi) is 5.28. The smallest absolute Gasteiger partial charge is 0.263 e. The Hall–Kier alpha value is -3.23. The molecule has 0 spiro atoms. The summed E-state index contributed by atoms with van der Waals surface area (Å²) in [5, 5.41) is 11.6. The Morgan fingerprint density at radius 1 is 1.07 bits per heavy atom. The molecule has 4 rings (SSSR count). The highest BCUT2D eigenvalue weighted by Crippen LogP contribution is 2.33. The van der Waals surface area contributed by atoms with E-state index in [0.29, 0.717) is 30.6 Å². The van der Waals surface area contributed by atoms with Crippen LogP contribution in [0.15, 0.2) is 58.7 Å². The lowest BCUT2D eigenvalue weighted by Gasteiger charge is -2.13. The zero-order valence-electron chi connectivity index (χ0n) is 16.5. The molecule has 0 atom stereocenters. The van der Waals surface area contributed by atoms with E-state index in [1.807, 2.05) is 35.7 Å². The standard InChI is InChI=1S/C24H21N3OS/c1-16-10-11-19(14-17(16)2)20-15-29-23-21(20)24(28)27(13-7-6-12-25)22(26-23)18-8-4-3-5-9-18/h3-5,8-11,14-15H,6-7,13H2,1-2H3. The van der Waals surface area contributed by atoms with Crippen molar-refractivity contribution in [1.29, 1.82) is 5.26 Å². The second kappa shape index (κ2) is 8.02. The van der Waals surface area contributed by atoms with Crippen molar-refractivity contribution in [2.75, 3.05) is 0 Å². The molecule has 0 radical (unpaired) electrons. The molecule has 144 valence electrons. The van der Waals surface area contributed by atoms with Crippen LogP contribution in [0, 0.1) is 25.2 Å².